The third kappa shape index (κ3) is 2.34. The van der Waals surface area contributed by atoms with Crippen molar-refractivity contribution in [1.82, 2.24) is 5.32 Å². The molecule has 2 N–H and O–H groups in total. The molecule has 80 valence electrons. The summed E-state index contributed by atoms with van der Waals surface area (Å²) in [6.07, 6.45) is -0.713. The lowest BCUT2D eigenvalue weighted by Gasteiger charge is -2.27. The molecule has 15 heavy (non-hydrogen) atoms. The fourth-order valence-corrected chi connectivity index (χ4v) is 1.62. The molecule has 0 spiro atoms. The zero-order chi connectivity index (χ0) is 10.7. The summed E-state index contributed by atoms with van der Waals surface area (Å²) in [6, 6.07) is 8.88. The lowest BCUT2D eigenvalue weighted by atomic mass is 10.0. The highest BCUT2D eigenvalue weighted by Gasteiger charge is 2.26. The lowest BCUT2D eigenvalue weighted by molar-refractivity contribution is -0.133. The van der Waals surface area contributed by atoms with Crippen molar-refractivity contribution in [3.05, 3.63) is 35.9 Å². The molecule has 2 unspecified atom stereocenters. The van der Waals surface area contributed by atoms with Crippen molar-refractivity contribution in [3.63, 3.8) is 0 Å². The van der Waals surface area contributed by atoms with Crippen LogP contribution < -0.4 is 5.32 Å². The summed E-state index contributed by atoms with van der Waals surface area (Å²) >= 11 is 0. The maximum Gasteiger partial charge on any atom is 0.246 e. The van der Waals surface area contributed by atoms with Gasteiger partial charge in [-0.2, -0.15) is 0 Å². The van der Waals surface area contributed by atoms with E-state index in [0.29, 0.717) is 6.61 Å². The van der Waals surface area contributed by atoms with E-state index in [4.69, 9.17) is 4.74 Å². The average molecular weight is 207 g/mol. The number of ether oxygens (including phenoxy) is 1. The van der Waals surface area contributed by atoms with Crippen molar-refractivity contribution in [2.75, 3.05) is 13.2 Å². The standard InChI is InChI=1S/C11H13NO3/c13-10-7-15-6-9(12-10)11(14)8-4-2-1-3-5-8/h1-5,9,11,14H,6-7H2,(H,12,13). The Hall–Kier alpha value is -1.39. The summed E-state index contributed by atoms with van der Waals surface area (Å²) in [6.45, 7) is 0.430. The SMILES string of the molecule is O=C1COCC(C(O)c2ccccc2)N1. The number of carbonyl (C=O) groups excluding carboxylic acids is 1. The van der Waals surface area contributed by atoms with Gasteiger partial charge in [0.2, 0.25) is 5.91 Å². The number of carbonyl (C=O) groups is 1. The van der Waals surface area contributed by atoms with Gasteiger partial charge in [-0.1, -0.05) is 30.3 Å². The molecule has 1 fully saturated rings. The number of rotatable bonds is 2. The highest BCUT2D eigenvalue weighted by molar-refractivity contribution is 5.78. The van der Waals surface area contributed by atoms with E-state index in [1.807, 2.05) is 30.3 Å². The minimum Gasteiger partial charge on any atom is -0.386 e. The minimum absolute atomic E-state index is 0.0814. The van der Waals surface area contributed by atoms with Crippen LogP contribution in [0.4, 0.5) is 0 Å². The third-order valence-electron chi connectivity index (χ3n) is 2.40. The maximum atomic E-state index is 11.1. The van der Waals surface area contributed by atoms with Crippen LogP contribution in [-0.4, -0.2) is 30.3 Å². The van der Waals surface area contributed by atoms with Gasteiger partial charge in [0.25, 0.3) is 0 Å². The molecular weight excluding hydrogens is 194 g/mol. The number of aliphatic hydroxyl groups excluding tert-OH is 1. The van der Waals surface area contributed by atoms with Gasteiger partial charge in [0.05, 0.1) is 12.6 Å². The van der Waals surface area contributed by atoms with Crippen molar-refractivity contribution < 1.29 is 14.6 Å². The topological polar surface area (TPSA) is 58.6 Å². The molecule has 0 aromatic heterocycles. The first-order valence-electron chi connectivity index (χ1n) is 4.87. The molecule has 1 amide bonds. The van der Waals surface area contributed by atoms with Crippen molar-refractivity contribution in [1.29, 1.82) is 0 Å². The van der Waals surface area contributed by atoms with E-state index in [1.54, 1.807) is 0 Å². The Balaban J connectivity index is 2.07. The fourth-order valence-electron chi connectivity index (χ4n) is 1.62. The molecule has 0 radical (unpaired) electrons. The molecule has 0 bridgehead atoms. The monoisotopic (exact) mass is 207 g/mol. The van der Waals surface area contributed by atoms with E-state index in [9.17, 15) is 9.90 Å². The second-order valence-electron chi connectivity index (χ2n) is 3.54. The smallest absolute Gasteiger partial charge is 0.246 e. The van der Waals surface area contributed by atoms with Gasteiger partial charge in [-0.25, -0.2) is 0 Å². The summed E-state index contributed by atoms with van der Waals surface area (Å²) in [4.78, 5) is 11.1. The molecule has 0 saturated carbocycles. The molecule has 2 atom stereocenters. The fraction of sp³-hybridized carbons (Fsp3) is 0.364. The molecule has 2 rings (SSSR count). The largest absolute Gasteiger partial charge is 0.386 e. The second kappa shape index (κ2) is 4.42. The van der Waals surface area contributed by atoms with Gasteiger partial charge in [-0.15, -0.1) is 0 Å². The van der Waals surface area contributed by atoms with Crippen molar-refractivity contribution in [2.45, 2.75) is 12.1 Å². The van der Waals surface area contributed by atoms with Crippen LogP contribution in [0.5, 0.6) is 0 Å². The number of morpholine rings is 1. The Kier molecular flexibility index (Phi) is 2.99. The van der Waals surface area contributed by atoms with Gasteiger partial charge in [-0.05, 0) is 5.56 Å². The average Bonchev–Trinajstić information content (AvgIpc) is 2.29. The highest BCUT2D eigenvalue weighted by Crippen LogP contribution is 2.17. The molecule has 4 nitrogen and oxygen atoms in total. The summed E-state index contributed by atoms with van der Waals surface area (Å²) in [5.74, 6) is -0.179. The zero-order valence-electron chi connectivity index (χ0n) is 8.22. The normalized spacial score (nSPS) is 23.3. The first-order valence-corrected chi connectivity index (χ1v) is 4.87. The number of benzene rings is 1. The number of aliphatic hydroxyl groups is 1. The van der Waals surface area contributed by atoms with Crippen LogP contribution in [0.15, 0.2) is 30.3 Å². The Morgan fingerprint density at radius 2 is 2.13 bits per heavy atom. The molecule has 1 aliphatic heterocycles. The molecule has 1 aliphatic rings. The van der Waals surface area contributed by atoms with Crippen molar-refractivity contribution in [2.24, 2.45) is 0 Å². The number of hydrogen-bond acceptors (Lipinski definition) is 3. The minimum atomic E-state index is -0.713. The van der Waals surface area contributed by atoms with Crippen LogP contribution in [-0.2, 0) is 9.53 Å². The zero-order valence-corrected chi connectivity index (χ0v) is 8.22. The molecule has 4 heteroatoms. The van der Waals surface area contributed by atoms with E-state index in [0.717, 1.165) is 5.56 Å². The molecule has 0 aliphatic carbocycles. The summed E-state index contributed by atoms with van der Waals surface area (Å²) in [7, 11) is 0. The van der Waals surface area contributed by atoms with Gasteiger partial charge in [-0.3, -0.25) is 4.79 Å². The third-order valence-corrected chi connectivity index (χ3v) is 2.40. The number of hydrogen-bond donors (Lipinski definition) is 2. The predicted molar refractivity (Wildman–Crippen MR) is 54.2 cm³/mol. The van der Waals surface area contributed by atoms with Gasteiger partial charge in [0.15, 0.2) is 0 Å². The van der Waals surface area contributed by atoms with Crippen LogP contribution in [0.2, 0.25) is 0 Å². The van der Waals surface area contributed by atoms with Gasteiger partial charge in [0.1, 0.15) is 12.7 Å². The first-order chi connectivity index (χ1) is 7.27. The molecule has 1 aromatic rings. The van der Waals surface area contributed by atoms with E-state index in [2.05, 4.69) is 5.32 Å². The van der Waals surface area contributed by atoms with Crippen LogP contribution >= 0.6 is 0 Å². The predicted octanol–water partition coefficient (Wildman–Crippen LogP) is 0.235. The van der Waals surface area contributed by atoms with Crippen LogP contribution in [0.1, 0.15) is 11.7 Å². The van der Waals surface area contributed by atoms with Crippen LogP contribution in [0.3, 0.4) is 0 Å². The summed E-state index contributed by atoms with van der Waals surface area (Å²) in [5.41, 5.74) is 0.785. The molecule has 1 heterocycles. The molecular formula is C11H13NO3. The Bertz CT molecular complexity index is 339. The highest BCUT2D eigenvalue weighted by atomic mass is 16.5. The number of amides is 1. The van der Waals surface area contributed by atoms with E-state index in [-0.39, 0.29) is 18.6 Å². The van der Waals surface area contributed by atoms with E-state index in [1.165, 1.54) is 0 Å². The number of nitrogens with one attached hydrogen (secondary N) is 1. The van der Waals surface area contributed by atoms with Gasteiger partial charge in [0, 0.05) is 0 Å². The first kappa shape index (κ1) is 10.1. The Morgan fingerprint density at radius 1 is 1.40 bits per heavy atom. The maximum absolute atomic E-state index is 11.1. The van der Waals surface area contributed by atoms with Crippen molar-refractivity contribution >= 4 is 5.91 Å². The van der Waals surface area contributed by atoms with E-state index < -0.39 is 6.10 Å². The summed E-state index contributed by atoms with van der Waals surface area (Å²) < 4.78 is 5.06. The van der Waals surface area contributed by atoms with E-state index >= 15 is 0 Å². The van der Waals surface area contributed by atoms with Crippen LogP contribution in [0.25, 0.3) is 0 Å². The lowest BCUT2D eigenvalue weighted by Crippen LogP contribution is -2.48. The molecule has 1 saturated heterocycles. The van der Waals surface area contributed by atoms with Gasteiger partial charge >= 0.3 is 0 Å². The van der Waals surface area contributed by atoms with Crippen LogP contribution in [0, 0.1) is 0 Å². The Morgan fingerprint density at radius 3 is 2.80 bits per heavy atom. The quantitative estimate of drug-likeness (QED) is 0.730. The van der Waals surface area contributed by atoms with Crippen molar-refractivity contribution in [3.8, 4) is 0 Å². The summed E-state index contributed by atoms with van der Waals surface area (Å²) in [5, 5.41) is 12.7. The van der Waals surface area contributed by atoms with Gasteiger partial charge < -0.3 is 15.2 Å². The second-order valence-corrected chi connectivity index (χ2v) is 3.54. The Labute approximate surface area is 87.9 Å². The molecule has 1 aromatic carbocycles.